The van der Waals surface area contributed by atoms with E-state index in [0.717, 1.165) is 19.4 Å². The van der Waals surface area contributed by atoms with E-state index in [-0.39, 0.29) is 0 Å². The van der Waals surface area contributed by atoms with Crippen molar-refractivity contribution in [1.82, 2.24) is 4.98 Å². The van der Waals surface area contributed by atoms with Gasteiger partial charge >= 0.3 is 8.80 Å². The van der Waals surface area contributed by atoms with Crippen LogP contribution in [-0.2, 0) is 13.3 Å². The quantitative estimate of drug-likeness (QED) is 0.690. The molecule has 0 unspecified atom stereocenters. The highest BCUT2D eigenvalue weighted by Gasteiger charge is 2.40. The maximum absolute atomic E-state index is 5.44. The summed E-state index contributed by atoms with van der Waals surface area (Å²) in [7, 11) is 2.06. The predicted molar refractivity (Wildman–Crippen MR) is 73.4 cm³/mol. The Labute approximate surface area is 110 Å². The normalized spacial score (nSPS) is 12.2. The lowest BCUT2D eigenvalue weighted by Gasteiger charge is -2.24. The van der Waals surface area contributed by atoms with Crippen LogP contribution in [0.25, 0.3) is 10.2 Å². The lowest BCUT2D eigenvalue weighted by molar-refractivity contribution is 0.140. The second-order valence-electron chi connectivity index (χ2n) is 3.39. The van der Waals surface area contributed by atoms with E-state index in [0.29, 0.717) is 0 Å². The minimum atomic E-state index is -2.74. The van der Waals surface area contributed by atoms with Crippen molar-refractivity contribution in [2.45, 2.75) is 0 Å². The number of rotatable bonds is 4. The number of benzene rings is 1. The Hall–Kier alpha value is -0.573. The highest BCUT2D eigenvalue weighted by Crippen LogP contribution is 2.19. The van der Waals surface area contributed by atoms with Gasteiger partial charge in [0, 0.05) is 26.5 Å². The molecule has 0 aliphatic carbocycles. The van der Waals surface area contributed by atoms with Crippen LogP contribution in [-0.4, -0.2) is 35.1 Å². The standard InChI is InChI=1S/C10H13NO3S2Si/c1-12-17(13-2,14-3)7-4-5-8-9(6-7)16-10(15)11-8/h4-6H,1-3H3,(H,11,15). The van der Waals surface area contributed by atoms with Crippen molar-refractivity contribution >= 4 is 47.8 Å². The molecule has 0 aliphatic rings. The Morgan fingerprint density at radius 1 is 1.18 bits per heavy atom. The van der Waals surface area contributed by atoms with Crippen molar-refractivity contribution in [2.24, 2.45) is 0 Å². The third-order valence-corrected chi connectivity index (χ3v) is 6.41. The fourth-order valence-electron chi connectivity index (χ4n) is 1.74. The first-order chi connectivity index (χ1) is 8.15. The van der Waals surface area contributed by atoms with Crippen molar-refractivity contribution < 1.29 is 13.3 Å². The van der Waals surface area contributed by atoms with E-state index in [9.17, 15) is 0 Å². The number of aromatic nitrogens is 1. The first kappa shape index (κ1) is 12.9. The third-order valence-electron chi connectivity index (χ3n) is 2.58. The van der Waals surface area contributed by atoms with Gasteiger partial charge in [0.15, 0.2) is 3.95 Å². The molecule has 0 saturated carbocycles. The zero-order valence-corrected chi connectivity index (χ0v) is 12.4. The molecule has 0 spiro atoms. The van der Waals surface area contributed by atoms with E-state index in [1.165, 1.54) is 11.3 Å². The van der Waals surface area contributed by atoms with Gasteiger partial charge in [0.05, 0.1) is 10.2 Å². The van der Waals surface area contributed by atoms with Crippen LogP contribution in [0.4, 0.5) is 0 Å². The molecule has 0 atom stereocenters. The maximum atomic E-state index is 5.44. The summed E-state index contributed by atoms with van der Waals surface area (Å²) in [6.07, 6.45) is 0. The summed E-state index contributed by atoms with van der Waals surface area (Å²) in [5.41, 5.74) is 1.02. The van der Waals surface area contributed by atoms with Crippen LogP contribution in [0, 0.1) is 3.95 Å². The van der Waals surface area contributed by atoms with Crippen LogP contribution in [0.5, 0.6) is 0 Å². The number of aromatic amines is 1. The monoisotopic (exact) mass is 287 g/mol. The molecule has 1 aromatic heterocycles. The van der Waals surface area contributed by atoms with E-state index < -0.39 is 8.80 Å². The molecule has 1 aromatic carbocycles. The van der Waals surface area contributed by atoms with Crippen LogP contribution in [0.15, 0.2) is 18.2 Å². The summed E-state index contributed by atoms with van der Waals surface area (Å²) in [5, 5.41) is 0.933. The van der Waals surface area contributed by atoms with Crippen LogP contribution in [0.3, 0.4) is 0 Å². The second kappa shape index (κ2) is 4.97. The molecule has 0 fully saturated rings. The Morgan fingerprint density at radius 2 is 1.82 bits per heavy atom. The number of hydrogen-bond donors (Lipinski definition) is 1. The number of nitrogens with one attached hydrogen (secondary N) is 1. The van der Waals surface area contributed by atoms with Crippen LogP contribution in [0.2, 0.25) is 0 Å². The SMILES string of the molecule is CO[Si](OC)(OC)c1ccc2[nH]c(=S)sc2c1. The first-order valence-electron chi connectivity index (χ1n) is 4.94. The van der Waals surface area contributed by atoms with E-state index >= 15 is 0 Å². The average Bonchev–Trinajstić information content (AvgIpc) is 2.71. The summed E-state index contributed by atoms with van der Waals surface area (Å²) in [6, 6.07) is 5.92. The average molecular weight is 287 g/mol. The molecule has 2 rings (SSSR count). The van der Waals surface area contributed by atoms with E-state index in [1.807, 2.05) is 18.2 Å². The molecule has 1 N–H and O–H groups in total. The molecule has 1 heterocycles. The van der Waals surface area contributed by atoms with Gasteiger partial charge in [0.1, 0.15) is 0 Å². The maximum Gasteiger partial charge on any atom is 0.536 e. The lowest BCUT2D eigenvalue weighted by Crippen LogP contribution is -2.54. The Balaban J connectivity index is 2.57. The minimum absolute atomic E-state index is 0.761. The highest BCUT2D eigenvalue weighted by atomic mass is 32.1. The van der Waals surface area contributed by atoms with Gasteiger partial charge in [-0.2, -0.15) is 0 Å². The molecule has 0 radical (unpaired) electrons. The number of fused-ring (bicyclic) bond motifs is 1. The van der Waals surface area contributed by atoms with Crippen molar-refractivity contribution in [3.8, 4) is 0 Å². The summed E-state index contributed by atoms with van der Waals surface area (Å²) in [4.78, 5) is 3.12. The molecule has 0 saturated heterocycles. The number of H-pyrrole nitrogens is 1. The van der Waals surface area contributed by atoms with Gasteiger partial charge in [-0.3, -0.25) is 0 Å². The Kier molecular flexibility index (Phi) is 3.76. The van der Waals surface area contributed by atoms with E-state index in [1.54, 1.807) is 21.3 Å². The molecule has 0 amide bonds. The van der Waals surface area contributed by atoms with Crippen LogP contribution < -0.4 is 5.19 Å². The van der Waals surface area contributed by atoms with Gasteiger partial charge < -0.3 is 18.3 Å². The number of hydrogen-bond acceptors (Lipinski definition) is 5. The molecule has 92 valence electrons. The predicted octanol–water partition coefficient (Wildman–Crippen LogP) is 2.04. The van der Waals surface area contributed by atoms with Gasteiger partial charge in [-0.25, -0.2) is 0 Å². The lowest BCUT2D eigenvalue weighted by atomic mass is 10.3. The molecule has 17 heavy (non-hydrogen) atoms. The van der Waals surface area contributed by atoms with Gasteiger partial charge in [-0.15, -0.1) is 11.3 Å². The van der Waals surface area contributed by atoms with E-state index in [4.69, 9.17) is 25.5 Å². The zero-order valence-electron chi connectivity index (χ0n) is 9.77. The van der Waals surface area contributed by atoms with Gasteiger partial charge in [-0.05, 0) is 24.4 Å². The summed E-state index contributed by atoms with van der Waals surface area (Å²) in [6.45, 7) is 0. The zero-order chi connectivity index (χ0) is 12.5. The van der Waals surface area contributed by atoms with Gasteiger partial charge in [-0.1, -0.05) is 6.07 Å². The van der Waals surface area contributed by atoms with Gasteiger partial charge in [0.25, 0.3) is 0 Å². The third kappa shape index (κ3) is 2.22. The molecular formula is C10H13NO3S2Si. The molecular weight excluding hydrogens is 274 g/mol. The smallest absolute Gasteiger partial charge is 0.373 e. The molecule has 0 bridgehead atoms. The van der Waals surface area contributed by atoms with Crippen LogP contribution in [0.1, 0.15) is 0 Å². The van der Waals surface area contributed by atoms with Crippen molar-refractivity contribution in [3.05, 3.63) is 22.2 Å². The molecule has 4 nitrogen and oxygen atoms in total. The van der Waals surface area contributed by atoms with Crippen molar-refractivity contribution in [2.75, 3.05) is 21.3 Å². The summed E-state index contributed by atoms with van der Waals surface area (Å²) < 4.78 is 18.2. The van der Waals surface area contributed by atoms with Crippen LogP contribution >= 0.6 is 23.6 Å². The fraction of sp³-hybridized carbons (Fsp3) is 0.300. The Bertz CT molecular complexity index is 568. The van der Waals surface area contributed by atoms with Gasteiger partial charge in [0.2, 0.25) is 0 Å². The first-order valence-corrected chi connectivity index (χ1v) is 7.89. The number of thiazole rings is 1. The molecule has 0 aliphatic heterocycles. The summed E-state index contributed by atoms with van der Waals surface area (Å²) >= 11 is 6.64. The largest absolute Gasteiger partial charge is 0.536 e. The Morgan fingerprint density at radius 3 is 2.41 bits per heavy atom. The summed E-state index contributed by atoms with van der Waals surface area (Å²) in [5.74, 6) is 0. The molecule has 7 heteroatoms. The second-order valence-corrected chi connectivity index (χ2v) is 8.03. The topological polar surface area (TPSA) is 43.5 Å². The fourth-order valence-corrected chi connectivity index (χ4v) is 4.81. The van der Waals surface area contributed by atoms with E-state index in [2.05, 4.69) is 4.98 Å². The van der Waals surface area contributed by atoms with Crippen molar-refractivity contribution in [3.63, 3.8) is 0 Å². The van der Waals surface area contributed by atoms with Crippen molar-refractivity contribution in [1.29, 1.82) is 0 Å². The minimum Gasteiger partial charge on any atom is -0.373 e. The highest BCUT2D eigenvalue weighted by molar-refractivity contribution is 7.73. The molecule has 2 aromatic rings.